The molecule has 0 aromatic carbocycles. The first-order chi connectivity index (χ1) is 13.9. The predicted octanol–water partition coefficient (Wildman–Crippen LogP) is 4.84. The molecule has 6 nitrogen and oxygen atoms in total. The molecule has 1 saturated heterocycles. The van der Waals surface area contributed by atoms with Crippen molar-refractivity contribution >= 4 is 12.0 Å². The molecule has 29 heavy (non-hydrogen) atoms. The van der Waals surface area contributed by atoms with Crippen LogP contribution in [-0.2, 0) is 4.74 Å². The first kappa shape index (κ1) is 21.4. The third kappa shape index (κ3) is 5.82. The van der Waals surface area contributed by atoms with Gasteiger partial charge in [-0.25, -0.2) is 0 Å². The van der Waals surface area contributed by atoms with Gasteiger partial charge in [0.2, 0.25) is 0 Å². The van der Waals surface area contributed by atoms with Crippen molar-refractivity contribution in [2.45, 2.75) is 51.9 Å². The van der Waals surface area contributed by atoms with Gasteiger partial charge in [0, 0.05) is 37.0 Å². The smallest absolute Gasteiger partial charge is 0.152 e. The maximum atomic E-state index is 5.23. The van der Waals surface area contributed by atoms with Gasteiger partial charge < -0.3 is 15.0 Å². The highest BCUT2D eigenvalue weighted by atomic mass is 16.5. The molecule has 2 heterocycles. The number of H-pyrrole nitrogens is 1. The Balaban J connectivity index is 1.60. The monoisotopic (exact) mass is 397 g/mol. The molecule has 1 aromatic heterocycles. The number of allylic oxidation sites excluding steroid dienone is 3. The Hall–Kier alpha value is -2.34. The largest absolute Gasteiger partial charge is 0.380 e. The number of nitrogens with zero attached hydrogens (tertiary/aromatic N) is 3. The van der Waals surface area contributed by atoms with Gasteiger partial charge in [-0.1, -0.05) is 32.4 Å². The molecule has 6 heteroatoms. The molecular formula is C23H35N5O. The fourth-order valence-corrected chi connectivity index (χ4v) is 3.95. The Labute approximate surface area is 174 Å². The van der Waals surface area contributed by atoms with Crippen molar-refractivity contribution in [2.75, 3.05) is 32.1 Å². The van der Waals surface area contributed by atoms with Gasteiger partial charge in [-0.2, -0.15) is 5.10 Å². The summed E-state index contributed by atoms with van der Waals surface area (Å²) in [6.45, 7) is 14.9. The van der Waals surface area contributed by atoms with E-state index in [1.807, 2.05) is 13.0 Å². The Bertz CT molecular complexity index is 781. The summed E-state index contributed by atoms with van der Waals surface area (Å²) >= 11 is 0. The average Bonchev–Trinajstić information content (AvgIpc) is 3.08. The van der Waals surface area contributed by atoms with E-state index in [1.54, 1.807) is 6.21 Å². The third-order valence-corrected chi connectivity index (χ3v) is 5.89. The Morgan fingerprint density at radius 3 is 2.66 bits per heavy atom. The molecule has 1 aliphatic heterocycles. The van der Waals surface area contributed by atoms with Crippen LogP contribution in [-0.4, -0.2) is 48.1 Å². The van der Waals surface area contributed by atoms with E-state index in [2.05, 4.69) is 47.5 Å². The number of aliphatic imine (C=N–C) groups is 1. The van der Waals surface area contributed by atoms with Crippen LogP contribution in [0, 0.1) is 5.92 Å². The average molecular weight is 398 g/mol. The van der Waals surface area contributed by atoms with Gasteiger partial charge in [-0.05, 0) is 38.2 Å². The lowest BCUT2D eigenvalue weighted by Crippen LogP contribution is -2.26. The maximum Gasteiger partial charge on any atom is 0.152 e. The van der Waals surface area contributed by atoms with Gasteiger partial charge in [0.25, 0.3) is 0 Å². The van der Waals surface area contributed by atoms with E-state index in [-0.39, 0.29) is 0 Å². The van der Waals surface area contributed by atoms with Gasteiger partial charge in [0.15, 0.2) is 5.82 Å². The van der Waals surface area contributed by atoms with E-state index < -0.39 is 0 Å². The minimum Gasteiger partial charge on any atom is -0.380 e. The Morgan fingerprint density at radius 1 is 1.31 bits per heavy atom. The van der Waals surface area contributed by atoms with Crippen molar-refractivity contribution in [3.8, 4) is 0 Å². The van der Waals surface area contributed by atoms with E-state index in [9.17, 15) is 0 Å². The molecule has 2 aliphatic rings. The summed E-state index contributed by atoms with van der Waals surface area (Å²) in [7, 11) is 2.16. The highest BCUT2D eigenvalue weighted by Gasteiger charge is 2.22. The van der Waals surface area contributed by atoms with Gasteiger partial charge in [0.05, 0.1) is 30.8 Å². The standard InChI is InChI=1S/C23H35N5O/c1-16(2)23(18(4)28(5)13-19-9-7-6-8-10-19)24-12-17(3)25-22-11-21(26-27-22)20-14-29-15-20/h11-12,19-20H,1,3,6-10,13-15H2,2,4-5H3,(H2,25,26,27)/b23-18+,24-12?. The zero-order valence-corrected chi connectivity index (χ0v) is 18.1. The van der Waals surface area contributed by atoms with E-state index in [0.29, 0.717) is 11.6 Å². The molecular weight excluding hydrogens is 362 g/mol. The Morgan fingerprint density at radius 2 is 2.03 bits per heavy atom. The van der Waals surface area contributed by atoms with Gasteiger partial charge in [-0.3, -0.25) is 10.1 Å². The summed E-state index contributed by atoms with van der Waals surface area (Å²) in [5.74, 6) is 1.95. The lowest BCUT2D eigenvalue weighted by molar-refractivity contribution is 0.00670. The molecule has 0 atom stereocenters. The highest BCUT2D eigenvalue weighted by molar-refractivity contribution is 5.82. The summed E-state index contributed by atoms with van der Waals surface area (Å²) < 4.78 is 5.23. The molecule has 0 bridgehead atoms. The summed E-state index contributed by atoms with van der Waals surface area (Å²) in [6, 6.07) is 2.00. The first-order valence-electron chi connectivity index (χ1n) is 10.6. The van der Waals surface area contributed by atoms with E-state index in [0.717, 1.165) is 54.2 Å². The normalized spacial score (nSPS) is 19.0. The lowest BCUT2D eigenvalue weighted by atomic mass is 9.89. The fraction of sp³-hybridized carbons (Fsp3) is 0.565. The van der Waals surface area contributed by atoms with Crippen molar-refractivity contribution < 1.29 is 4.74 Å². The van der Waals surface area contributed by atoms with Crippen molar-refractivity contribution in [1.29, 1.82) is 0 Å². The van der Waals surface area contributed by atoms with Crippen molar-refractivity contribution in [2.24, 2.45) is 10.9 Å². The second-order valence-corrected chi connectivity index (χ2v) is 8.45. The van der Waals surface area contributed by atoms with Crippen LogP contribution in [0.25, 0.3) is 0 Å². The number of anilines is 1. The molecule has 0 amide bonds. The second-order valence-electron chi connectivity index (χ2n) is 8.45. The van der Waals surface area contributed by atoms with Crippen LogP contribution < -0.4 is 5.32 Å². The number of nitrogens with one attached hydrogen (secondary N) is 2. The van der Waals surface area contributed by atoms with Crippen LogP contribution >= 0.6 is 0 Å². The van der Waals surface area contributed by atoms with Crippen molar-refractivity contribution in [1.82, 2.24) is 15.1 Å². The predicted molar refractivity (Wildman–Crippen MR) is 120 cm³/mol. The van der Waals surface area contributed by atoms with Crippen LogP contribution in [0.15, 0.2) is 46.9 Å². The van der Waals surface area contributed by atoms with Crippen LogP contribution in [0.3, 0.4) is 0 Å². The number of rotatable bonds is 9. The minimum absolute atomic E-state index is 0.417. The second kappa shape index (κ2) is 9.92. The number of hydrogen-bond donors (Lipinski definition) is 2. The topological polar surface area (TPSA) is 65.5 Å². The molecule has 0 radical (unpaired) electrons. The lowest BCUT2D eigenvalue weighted by Gasteiger charge is -2.29. The fourth-order valence-electron chi connectivity index (χ4n) is 3.95. The van der Waals surface area contributed by atoms with Gasteiger partial charge in [-0.15, -0.1) is 0 Å². The zero-order valence-electron chi connectivity index (χ0n) is 18.1. The molecule has 158 valence electrons. The number of ether oxygens (including phenoxy) is 1. The highest BCUT2D eigenvalue weighted by Crippen LogP contribution is 2.27. The summed E-state index contributed by atoms with van der Waals surface area (Å²) in [5, 5.41) is 10.6. The summed E-state index contributed by atoms with van der Waals surface area (Å²) in [5.41, 5.74) is 4.80. The molecule has 0 spiro atoms. The van der Waals surface area contributed by atoms with E-state index in [1.165, 1.54) is 32.1 Å². The zero-order chi connectivity index (χ0) is 20.8. The van der Waals surface area contributed by atoms with Crippen molar-refractivity contribution in [3.63, 3.8) is 0 Å². The third-order valence-electron chi connectivity index (χ3n) is 5.89. The molecule has 0 unspecified atom stereocenters. The minimum atomic E-state index is 0.417. The van der Waals surface area contributed by atoms with Gasteiger partial charge >= 0.3 is 0 Å². The van der Waals surface area contributed by atoms with E-state index >= 15 is 0 Å². The van der Waals surface area contributed by atoms with E-state index in [4.69, 9.17) is 9.73 Å². The van der Waals surface area contributed by atoms with Crippen molar-refractivity contribution in [3.05, 3.63) is 47.6 Å². The molecule has 1 aromatic rings. The van der Waals surface area contributed by atoms with Gasteiger partial charge in [0.1, 0.15) is 0 Å². The molecule has 1 saturated carbocycles. The van der Waals surface area contributed by atoms with Crippen LogP contribution in [0.1, 0.15) is 57.6 Å². The van der Waals surface area contributed by atoms with Crippen LogP contribution in [0.2, 0.25) is 0 Å². The summed E-state index contributed by atoms with van der Waals surface area (Å²) in [4.78, 5) is 7.02. The van der Waals surface area contributed by atoms with Crippen LogP contribution in [0.5, 0.6) is 0 Å². The first-order valence-corrected chi connectivity index (χ1v) is 10.6. The number of aromatic amines is 1. The number of aromatic nitrogens is 2. The quantitative estimate of drug-likeness (QED) is 0.462. The summed E-state index contributed by atoms with van der Waals surface area (Å²) in [6.07, 6.45) is 8.54. The van der Waals surface area contributed by atoms with Crippen LogP contribution in [0.4, 0.5) is 5.82 Å². The number of hydrogen-bond acceptors (Lipinski definition) is 5. The Kier molecular flexibility index (Phi) is 7.31. The molecule has 3 rings (SSSR count). The maximum absolute atomic E-state index is 5.23. The SMILES string of the molecule is C=C(C=N/C(C(=C)C)=C(\C)N(C)CC1CCCCC1)Nc1cc(C2COC2)[nH]n1. The molecule has 2 fully saturated rings. The molecule has 2 N–H and O–H groups in total. The molecule has 1 aliphatic carbocycles.